The summed E-state index contributed by atoms with van der Waals surface area (Å²) in [6.45, 7) is 21.4. The van der Waals surface area contributed by atoms with E-state index in [2.05, 4.69) is 55.4 Å². The highest BCUT2D eigenvalue weighted by atomic mass is 16.6. The summed E-state index contributed by atoms with van der Waals surface area (Å²) in [5.41, 5.74) is -0.668. The lowest BCUT2D eigenvalue weighted by Gasteiger charge is -2.46. The summed E-state index contributed by atoms with van der Waals surface area (Å²) in [6.07, 6.45) is 7.50. The average molecular weight is 341 g/mol. The van der Waals surface area contributed by atoms with Crippen molar-refractivity contribution >= 4 is 5.97 Å². The van der Waals surface area contributed by atoms with E-state index in [1.54, 1.807) is 0 Å². The van der Waals surface area contributed by atoms with Gasteiger partial charge in [0.25, 0.3) is 0 Å². The summed E-state index contributed by atoms with van der Waals surface area (Å²) in [5.74, 6) is 0.0127. The molecule has 0 heterocycles. The molecule has 0 bridgehead atoms. The first-order valence-corrected chi connectivity index (χ1v) is 10.1. The molecule has 0 aliphatic heterocycles. The van der Waals surface area contributed by atoms with Gasteiger partial charge in [-0.05, 0) is 56.3 Å². The molecule has 144 valence electrons. The SMILES string of the molecule is CC.CCC1(OC(=O)C(C)(CC(C)(C)C)C(C)(C)C)CCCCC1. The van der Waals surface area contributed by atoms with Crippen molar-refractivity contribution in [3.05, 3.63) is 0 Å². The minimum absolute atomic E-state index is 0.0127. The van der Waals surface area contributed by atoms with Gasteiger partial charge >= 0.3 is 5.97 Å². The zero-order chi connectivity index (χ0) is 19.2. The topological polar surface area (TPSA) is 26.3 Å². The van der Waals surface area contributed by atoms with Gasteiger partial charge in [0.05, 0.1) is 5.41 Å². The van der Waals surface area contributed by atoms with Crippen molar-refractivity contribution in [1.82, 2.24) is 0 Å². The second kappa shape index (κ2) is 8.72. The van der Waals surface area contributed by atoms with Gasteiger partial charge in [-0.15, -0.1) is 0 Å². The Morgan fingerprint density at radius 2 is 1.38 bits per heavy atom. The Kier molecular flexibility index (Phi) is 8.52. The van der Waals surface area contributed by atoms with Crippen LogP contribution in [-0.2, 0) is 9.53 Å². The normalized spacial score (nSPS) is 20.4. The van der Waals surface area contributed by atoms with Crippen molar-refractivity contribution < 1.29 is 9.53 Å². The minimum Gasteiger partial charge on any atom is -0.459 e. The molecule has 2 nitrogen and oxygen atoms in total. The summed E-state index contributed by atoms with van der Waals surface area (Å²) in [6, 6.07) is 0. The van der Waals surface area contributed by atoms with Crippen LogP contribution < -0.4 is 0 Å². The van der Waals surface area contributed by atoms with E-state index < -0.39 is 5.41 Å². The molecule has 0 aromatic rings. The summed E-state index contributed by atoms with van der Waals surface area (Å²) < 4.78 is 6.23. The van der Waals surface area contributed by atoms with E-state index in [0.29, 0.717) is 0 Å². The lowest BCUT2D eigenvalue weighted by molar-refractivity contribution is -0.185. The molecule has 1 atom stereocenters. The first kappa shape index (κ1) is 23.5. The van der Waals surface area contributed by atoms with E-state index in [1.165, 1.54) is 19.3 Å². The van der Waals surface area contributed by atoms with Gasteiger partial charge in [-0.1, -0.05) is 68.7 Å². The maximum atomic E-state index is 13.2. The standard InChI is InChI=1S/C20H38O2.C2H6/c1-9-20(13-11-10-12-14-20)22-16(21)19(8,18(5,6)7)15-17(2,3)4;1-2/h9-15H2,1-8H3;1-2H3. The number of carbonyl (C=O) groups excluding carboxylic acids is 1. The fourth-order valence-electron chi connectivity index (χ4n) is 3.74. The van der Waals surface area contributed by atoms with Crippen LogP contribution in [0.25, 0.3) is 0 Å². The van der Waals surface area contributed by atoms with Crippen LogP contribution in [0.4, 0.5) is 0 Å². The minimum atomic E-state index is -0.454. The van der Waals surface area contributed by atoms with E-state index in [0.717, 1.165) is 25.7 Å². The molecule has 0 saturated heterocycles. The van der Waals surface area contributed by atoms with Crippen LogP contribution in [0.15, 0.2) is 0 Å². The largest absolute Gasteiger partial charge is 0.459 e. The summed E-state index contributed by atoms with van der Waals surface area (Å²) in [5, 5.41) is 0. The third-order valence-electron chi connectivity index (χ3n) is 5.71. The Bertz CT molecular complexity index is 378. The number of hydrogen-bond acceptors (Lipinski definition) is 2. The summed E-state index contributed by atoms with van der Waals surface area (Å²) in [7, 11) is 0. The smallest absolute Gasteiger partial charge is 0.312 e. The maximum absolute atomic E-state index is 13.2. The van der Waals surface area contributed by atoms with Crippen LogP contribution in [-0.4, -0.2) is 11.6 Å². The van der Waals surface area contributed by atoms with Crippen molar-refractivity contribution in [3.63, 3.8) is 0 Å². The molecular formula is C22H44O2. The lowest BCUT2D eigenvalue weighted by Crippen LogP contribution is -2.48. The molecule has 2 heteroatoms. The van der Waals surface area contributed by atoms with Gasteiger partial charge in [0.1, 0.15) is 5.60 Å². The van der Waals surface area contributed by atoms with E-state index >= 15 is 0 Å². The first-order chi connectivity index (χ1) is 10.9. The van der Waals surface area contributed by atoms with Crippen molar-refractivity contribution in [1.29, 1.82) is 0 Å². The number of rotatable bonds is 4. The zero-order valence-corrected chi connectivity index (χ0v) is 18.3. The van der Waals surface area contributed by atoms with Gasteiger partial charge in [0.2, 0.25) is 0 Å². The van der Waals surface area contributed by atoms with Crippen LogP contribution in [0, 0.1) is 16.2 Å². The van der Waals surface area contributed by atoms with E-state index in [4.69, 9.17) is 4.74 Å². The fraction of sp³-hybridized carbons (Fsp3) is 0.955. The number of hydrogen-bond donors (Lipinski definition) is 0. The van der Waals surface area contributed by atoms with Gasteiger partial charge < -0.3 is 4.74 Å². The molecule has 1 aliphatic rings. The number of esters is 1. The van der Waals surface area contributed by atoms with Gasteiger partial charge in [-0.25, -0.2) is 0 Å². The molecule has 0 spiro atoms. The van der Waals surface area contributed by atoms with Gasteiger partial charge in [0.15, 0.2) is 0 Å². The molecule has 0 amide bonds. The van der Waals surface area contributed by atoms with Crippen LogP contribution in [0.2, 0.25) is 0 Å². The van der Waals surface area contributed by atoms with Crippen LogP contribution >= 0.6 is 0 Å². The highest BCUT2D eigenvalue weighted by molar-refractivity contribution is 5.78. The molecule has 0 radical (unpaired) electrons. The first-order valence-electron chi connectivity index (χ1n) is 10.1. The molecule has 1 rings (SSSR count). The molecule has 0 N–H and O–H groups in total. The van der Waals surface area contributed by atoms with Crippen molar-refractivity contribution in [2.45, 2.75) is 120 Å². The second-order valence-electron chi connectivity index (χ2n) is 9.81. The summed E-state index contributed by atoms with van der Waals surface area (Å²) >= 11 is 0. The zero-order valence-electron chi connectivity index (χ0n) is 18.3. The van der Waals surface area contributed by atoms with Crippen molar-refractivity contribution in [2.75, 3.05) is 0 Å². The van der Waals surface area contributed by atoms with Crippen molar-refractivity contribution in [3.8, 4) is 0 Å². The van der Waals surface area contributed by atoms with E-state index in [1.807, 2.05) is 13.8 Å². The molecule has 24 heavy (non-hydrogen) atoms. The van der Waals surface area contributed by atoms with Crippen LogP contribution in [0.3, 0.4) is 0 Å². The Hall–Kier alpha value is -0.530. The van der Waals surface area contributed by atoms with Crippen LogP contribution in [0.5, 0.6) is 0 Å². The molecule has 1 aliphatic carbocycles. The maximum Gasteiger partial charge on any atom is 0.312 e. The molecular weight excluding hydrogens is 296 g/mol. The molecule has 0 aromatic heterocycles. The molecule has 1 unspecified atom stereocenters. The van der Waals surface area contributed by atoms with Gasteiger partial charge in [0, 0.05) is 0 Å². The van der Waals surface area contributed by atoms with Gasteiger partial charge in [-0.2, -0.15) is 0 Å². The molecule has 1 saturated carbocycles. The summed E-state index contributed by atoms with van der Waals surface area (Å²) in [4.78, 5) is 13.2. The molecule has 0 aromatic carbocycles. The van der Waals surface area contributed by atoms with Crippen molar-refractivity contribution in [2.24, 2.45) is 16.2 Å². The Morgan fingerprint density at radius 1 is 0.917 bits per heavy atom. The highest BCUT2D eigenvalue weighted by Crippen LogP contribution is 2.49. The Morgan fingerprint density at radius 3 is 1.71 bits per heavy atom. The second-order valence-corrected chi connectivity index (χ2v) is 9.81. The van der Waals surface area contributed by atoms with Gasteiger partial charge in [-0.3, -0.25) is 4.79 Å². The predicted molar refractivity (Wildman–Crippen MR) is 105 cm³/mol. The third kappa shape index (κ3) is 6.08. The lowest BCUT2D eigenvalue weighted by atomic mass is 9.61. The average Bonchev–Trinajstić information content (AvgIpc) is 2.47. The number of ether oxygens (including phenoxy) is 1. The Balaban J connectivity index is 0.00000254. The van der Waals surface area contributed by atoms with Crippen LogP contribution in [0.1, 0.15) is 114 Å². The molecule has 1 fully saturated rings. The highest BCUT2D eigenvalue weighted by Gasteiger charge is 2.50. The quantitative estimate of drug-likeness (QED) is 0.507. The third-order valence-corrected chi connectivity index (χ3v) is 5.71. The number of carbonyl (C=O) groups is 1. The fourth-order valence-corrected chi connectivity index (χ4v) is 3.74. The monoisotopic (exact) mass is 340 g/mol. The van der Waals surface area contributed by atoms with E-state index in [-0.39, 0.29) is 22.4 Å². The Labute approximate surface area is 152 Å². The van der Waals surface area contributed by atoms with E-state index in [9.17, 15) is 4.79 Å². The predicted octanol–water partition coefficient (Wildman–Crippen LogP) is 7.16.